The van der Waals surface area contributed by atoms with Crippen molar-refractivity contribution in [3.05, 3.63) is 28.5 Å². The van der Waals surface area contributed by atoms with Crippen molar-refractivity contribution < 1.29 is 18.0 Å². The fourth-order valence-electron chi connectivity index (χ4n) is 2.27. The maximum atomic E-state index is 13.2. The number of nitrogens with zero attached hydrogens (tertiary/aromatic N) is 2. The van der Waals surface area contributed by atoms with E-state index in [1.807, 2.05) is 0 Å². The third-order valence-corrected chi connectivity index (χ3v) is 3.83. The number of carbonyl (C=O) groups excluding carboxylic acids is 1. The minimum atomic E-state index is -4.39. The number of rotatable bonds is 4. The Hall–Kier alpha value is -1.19. The average molecular weight is 381 g/mol. The quantitative estimate of drug-likeness (QED) is 0.829. The van der Waals surface area contributed by atoms with Crippen LogP contribution in [-0.4, -0.2) is 60.7 Å². The lowest BCUT2D eigenvalue weighted by Gasteiger charge is -2.35. The van der Waals surface area contributed by atoms with Gasteiger partial charge in [0.15, 0.2) is 0 Å². The Morgan fingerprint density at radius 1 is 1.41 bits per heavy atom. The minimum absolute atomic E-state index is 0.218. The highest BCUT2D eigenvalue weighted by Gasteiger charge is 2.43. The summed E-state index contributed by atoms with van der Waals surface area (Å²) in [5, 5.41) is 5.36. The lowest BCUT2D eigenvalue weighted by molar-refractivity contribution is -0.183. The lowest BCUT2D eigenvalue weighted by atomic mass is 10.2. The van der Waals surface area contributed by atoms with Crippen LogP contribution < -0.4 is 10.6 Å². The van der Waals surface area contributed by atoms with Crippen LogP contribution in [0.3, 0.4) is 0 Å². The molecule has 1 unspecified atom stereocenters. The first-order valence-electron chi connectivity index (χ1n) is 6.78. The molecule has 1 aromatic heterocycles. The van der Waals surface area contributed by atoms with E-state index in [4.69, 9.17) is 0 Å². The van der Waals surface area contributed by atoms with E-state index in [-0.39, 0.29) is 5.56 Å². The molecule has 2 rings (SSSR count). The summed E-state index contributed by atoms with van der Waals surface area (Å²) in [6.45, 7) is 1.15. The van der Waals surface area contributed by atoms with Gasteiger partial charge in [0.25, 0.3) is 5.91 Å². The Bertz CT molecular complexity index is 520. The molecule has 1 saturated heterocycles. The predicted molar refractivity (Wildman–Crippen MR) is 78.6 cm³/mol. The Balaban J connectivity index is 2.00. The molecule has 22 heavy (non-hydrogen) atoms. The Morgan fingerprint density at radius 2 is 2.09 bits per heavy atom. The number of alkyl halides is 3. The van der Waals surface area contributed by atoms with Gasteiger partial charge < -0.3 is 10.6 Å². The first kappa shape index (κ1) is 17.2. The van der Waals surface area contributed by atoms with Crippen molar-refractivity contribution in [3.63, 3.8) is 0 Å². The van der Waals surface area contributed by atoms with Gasteiger partial charge in [0.05, 0.1) is 5.56 Å². The number of aromatic nitrogens is 1. The molecule has 2 N–H and O–H groups in total. The maximum Gasteiger partial charge on any atom is 0.405 e. The van der Waals surface area contributed by atoms with Crippen LogP contribution in [0.4, 0.5) is 13.2 Å². The number of carbonyl (C=O) groups is 1. The zero-order valence-corrected chi connectivity index (χ0v) is 13.2. The molecule has 0 radical (unpaired) electrons. The summed E-state index contributed by atoms with van der Waals surface area (Å²) in [4.78, 5) is 17.1. The molecule has 0 aromatic carbocycles. The van der Waals surface area contributed by atoms with Crippen LogP contribution in [0.5, 0.6) is 0 Å². The van der Waals surface area contributed by atoms with Crippen LogP contribution in [0.15, 0.2) is 22.9 Å². The van der Waals surface area contributed by atoms with Crippen molar-refractivity contribution in [2.24, 2.45) is 0 Å². The van der Waals surface area contributed by atoms with Crippen LogP contribution in [-0.2, 0) is 0 Å². The molecule has 1 atom stereocenters. The van der Waals surface area contributed by atoms with E-state index in [1.165, 1.54) is 23.4 Å². The van der Waals surface area contributed by atoms with Gasteiger partial charge in [-0.3, -0.25) is 14.7 Å². The summed E-state index contributed by atoms with van der Waals surface area (Å²) in [7, 11) is 0. The largest absolute Gasteiger partial charge is 0.405 e. The van der Waals surface area contributed by atoms with E-state index < -0.39 is 24.7 Å². The molecule has 1 aromatic rings. The summed E-state index contributed by atoms with van der Waals surface area (Å²) in [6, 6.07) is -0.172. The van der Waals surface area contributed by atoms with Gasteiger partial charge in [-0.05, 0) is 22.0 Å². The predicted octanol–water partition coefficient (Wildman–Crippen LogP) is 1.41. The molecule has 0 aliphatic carbocycles. The molecule has 9 heteroatoms. The number of amides is 1. The minimum Gasteiger partial charge on any atom is -0.350 e. The first-order chi connectivity index (χ1) is 10.4. The van der Waals surface area contributed by atoms with Crippen LogP contribution >= 0.6 is 15.9 Å². The monoisotopic (exact) mass is 380 g/mol. The fraction of sp³-hybridized carbons (Fsp3) is 0.538. The molecule has 0 bridgehead atoms. The molecule has 1 fully saturated rings. The van der Waals surface area contributed by atoms with Gasteiger partial charge in [-0.2, -0.15) is 13.2 Å². The second kappa shape index (κ2) is 7.38. The number of halogens is 4. The van der Waals surface area contributed by atoms with Gasteiger partial charge in [0.1, 0.15) is 6.04 Å². The van der Waals surface area contributed by atoms with E-state index in [2.05, 4.69) is 31.5 Å². The standard InChI is InChI=1S/C13H16BrF3N4O/c14-10-5-9(6-19-7-10)12(22)20-8-11(13(15,16)17)21-3-1-18-2-4-21/h5-7,11,18H,1-4,8H2,(H,20,22). The van der Waals surface area contributed by atoms with Crippen LogP contribution in [0, 0.1) is 0 Å². The zero-order chi connectivity index (χ0) is 16.2. The molecule has 1 aliphatic heterocycles. The van der Waals surface area contributed by atoms with Crippen LogP contribution in [0.1, 0.15) is 10.4 Å². The summed E-state index contributed by atoms with van der Waals surface area (Å²) >= 11 is 3.17. The summed E-state index contributed by atoms with van der Waals surface area (Å²) in [5.41, 5.74) is 0.218. The molecule has 5 nitrogen and oxygen atoms in total. The van der Waals surface area contributed by atoms with Crippen LogP contribution in [0.2, 0.25) is 0 Å². The first-order valence-corrected chi connectivity index (χ1v) is 7.57. The molecule has 122 valence electrons. The number of hydrogen-bond acceptors (Lipinski definition) is 4. The molecular formula is C13H16BrF3N4O. The third-order valence-electron chi connectivity index (χ3n) is 3.39. The number of piperazine rings is 1. The highest BCUT2D eigenvalue weighted by atomic mass is 79.9. The van der Waals surface area contributed by atoms with E-state index in [0.717, 1.165) is 0 Å². The van der Waals surface area contributed by atoms with Gasteiger partial charge in [0, 0.05) is 49.6 Å². The second-order valence-corrected chi connectivity index (χ2v) is 5.86. The summed E-state index contributed by atoms with van der Waals surface area (Å²) in [5.74, 6) is -0.571. The summed E-state index contributed by atoms with van der Waals surface area (Å²) < 4.78 is 40.2. The van der Waals surface area contributed by atoms with Gasteiger partial charge in [-0.1, -0.05) is 0 Å². The smallest absolute Gasteiger partial charge is 0.350 e. The molecule has 1 aliphatic rings. The van der Waals surface area contributed by atoms with Crippen LogP contribution in [0.25, 0.3) is 0 Å². The maximum absolute atomic E-state index is 13.2. The van der Waals surface area contributed by atoms with Crippen molar-refractivity contribution in [2.75, 3.05) is 32.7 Å². The second-order valence-electron chi connectivity index (χ2n) is 4.95. The van der Waals surface area contributed by atoms with Crippen molar-refractivity contribution in [1.82, 2.24) is 20.5 Å². The summed E-state index contributed by atoms with van der Waals surface area (Å²) in [6.07, 6.45) is -1.58. The van der Waals surface area contributed by atoms with Gasteiger partial charge in [-0.25, -0.2) is 0 Å². The van der Waals surface area contributed by atoms with E-state index >= 15 is 0 Å². The van der Waals surface area contributed by atoms with Crippen molar-refractivity contribution in [3.8, 4) is 0 Å². The zero-order valence-electron chi connectivity index (χ0n) is 11.7. The van der Waals surface area contributed by atoms with Crippen molar-refractivity contribution >= 4 is 21.8 Å². The molecule has 0 spiro atoms. The average Bonchev–Trinajstić information content (AvgIpc) is 2.47. The highest BCUT2D eigenvalue weighted by Crippen LogP contribution is 2.24. The molecule has 1 amide bonds. The Morgan fingerprint density at radius 3 is 2.68 bits per heavy atom. The van der Waals surface area contributed by atoms with Gasteiger partial charge in [-0.15, -0.1) is 0 Å². The van der Waals surface area contributed by atoms with Crippen molar-refractivity contribution in [2.45, 2.75) is 12.2 Å². The number of pyridine rings is 1. The van der Waals surface area contributed by atoms with E-state index in [1.54, 1.807) is 0 Å². The van der Waals surface area contributed by atoms with E-state index in [9.17, 15) is 18.0 Å². The molecule has 2 heterocycles. The van der Waals surface area contributed by atoms with Gasteiger partial charge >= 0.3 is 6.18 Å². The van der Waals surface area contributed by atoms with E-state index in [0.29, 0.717) is 30.7 Å². The lowest BCUT2D eigenvalue weighted by Crippen LogP contribution is -2.57. The topological polar surface area (TPSA) is 57.3 Å². The fourth-order valence-corrected chi connectivity index (χ4v) is 2.64. The van der Waals surface area contributed by atoms with Crippen molar-refractivity contribution in [1.29, 1.82) is 0 Å². The van der Waals surface area contributed by atoms with Gasteiger partial charge in [0.2, 0.25) is 0 Å². The number of nitrogens with one attached hydrogen (secondary N) is 2. The molecular weight excluding hydrogens is 365 g/mol. The SMILES string of the molecule is O=C(NCC(N1CCNCC1)C(F)(F)F)c1cncc(Br)c1. The normalized spacial score (nSPS) is 18.0. The number of hydrogen-bond donors (Lipinski definition) is 2. The third kappa shape index (κ3) is 4.65. The highest BCUT2D eigenvalue weighted by molar-refractivity contribution is 9.10. The Kier molecular flexibility index (Phi) is 5.76. The Labute approximate surface area is 134 Å². The molecule has 0 saturated carbocycles.